The molecule has 5 nitrogen and oxygen atoms in total. The van der Waals surface area contributed by atoms with Gasteiger partial charge in [0.05, 0.1) is 8.81 Å². The summed E-state index contributed by atoms with van der Waals surface area (Å²) in [4.78, 5) is 13.4. The minimum absolute atomic E-state index is 0.0184. The SMILES string of the molecule is O=C1CCC2CN(S(=O)(=O)c3cc(Cl)c(Br)s3)CCN12. The summed E-state index contributed by atoms with van der Waals surface area (Å²) in [6.07, 6.45) is 1.26. The van der Waals surface area contributed by atoms with Gasteiger partial charge in [-0.15, -0.1) is 11.3 Å². The van der Waals surface area contributed by atoms with Crippen molar-refractivity contribution in [2.75, 3.05) is 19.6 Å². The van der Waals surface area contributed by atoms with E-state index in [1.165, 1.54) is 10.4 Å². The molecule has 0 saturated carbocycles. The quantitative estimate of drug-likeness (QED) is 0.766. The molecule has 110 valence electrons. The summed E-state index contributed by atoms with van der Waals surface area (Å²) in [6.45, 7) is 1.20. The van der Waals surface area contributed by atoms with Crippen LogP contribution in [0, 0.1) is 0 Å². The smallest absolute Gasteiger partial charge is 0.252 e. The van der Waals surface area contributed by atoms with Gasteiger partial charge in [-0.25, -0.2) is 8.42 Å². The Hall–Kier alpha value is -0.150. The fourth-order valence-corrected chi connectivity index (χ4v) is 6.66. The average molecular weight is 400 g/mol. The van der Waals surface area contributed by atoms with Crippen molar-refractivity contribution in [3.8, 4) is 0 Å². The molecule has 3 heterocycles. The van der Waals surface area contributed by atoms with Crippen molar-refractivity contribution in [3.63, 3.8) is 0 Å². The van der Waals surface area contributed by atoms with Crippen LogP contribution in [-0.2, 0) is 14.8 Å². The fourth-order valence-electron chi connectivity index (χ4n) is 2.64. The van der Waals surface area contributed by atoms with Gasteiger partial charge in [0.25, 0.3) is 10.0 Å². The standard InChI is InChI=1S/C11H12BrClN2O3S2/c12-11-8(13)5-10(19-11)20(17,18)14-3-4-15-7(6-14)1-2-9(15)16/h5,7H,1-4,6H2. The second kappa shape index (κ2) is 5.24. The number of hydrogen-bond donors (Lipinski definition) is 0. The van der Waals surface area contributed by atoms with E-state index in [4.69, 9.17) is 11.6 Å². The summed E-state index contributed by atoms with van der Waals surface area (Å²) in [5.74, 6) is 0.133. The van der Waals surface area contributed by atoms with Crippen molar-refractivity contribution in [2.45, 2.75) is 23.1 Å². The van der Waals surface area contributed by atoms with Gasteiger partial charge in [0.15, 0.2) is 0 Å². The Balaban J connectivity index is 1.84. The molecule has 1 aromatic heterocycles. The van der Waals surface area contributed by atoms with Crippen molar-refractivity contribution in [1.29, 1.82) is 0 Å². The number of amides is 1. The Morgan fingerprint density at radius 2 is 2.15 bits per heavy atom. The molecule has 0 aromatic carbocycles. The van der Waals surface area contributed by atoms with Crippen LogP contribution in [0.5, 0.6) is 0 Å². The first-order chi connectivity index (χ1) is 9.39. The molecule has 2 aliphatic heterocycles. The molecule has 0 aliphatic carbocycles. The highest BCUT2D eigenvalue weighted by atomic mass is 79.9. The third kappa shape index (κ3) is 2.41. The number of piperazine rings is 1. The normalized spacial score (nSPS) is 24.2. The third-order valence-corrected chi connectivity index (χ3v) is 8.46. The summed E-state index contributed by atoms with van der Waals surface area (Å²) in [5, 5.41) is 0.406. The minimum atomic E-state index is -3.52. The number of halogens is 2. The fraction of sp³-hybridized carbons (Fsp3) is 0.545. The molecule has 2 aliphatic rings. The number of nitrogens with zero attached hydrogens (tertiary/aromatic N) is 2. The van der Waals surface area contributed by atoms with Crippen LogP contribution in [0.4, 0.5) is 0 Å². The number of rotatable bonds is 2. The summed E-state index contributed by atoms with van der Waals surface area (Å²) in [5.41, 5.74) is 0. The van der Waals surface area contributed by atoms with Crippen molar-refractivity contribution in [3.05, 3.63) is 14.9 Å². The van der Waals surface area contributed by atoms with Gasteiger partial charge in [-0.05, 0) is 28.4 Å². The Labute approximate surface area is 134 Å². The van der Waals surface area contributed by atoms with Crippen molar-refractivity contribution in [2.24, 2.45) is 0 Å². The van der Waals surface area contributed by atoms with Crippen molar-refractivity contribution in [1.82, 2.24) is 9.21 Å². The molecule has 1 unspecified atom stereocenters. The van der Waals surface area contributed by atoms with E-state index in [0.29, 0.717) is 34.9 Å². The van der Waals surface area contributed by atoms with Crippen LogP contribution >= 0.6 is 38.9 Å². The Kier molecular flexibility index (Phi) is 3.87. The molecule has 2 fully saturated rings. The molecule has 20 heavy (non-hydrogen) atoms. The van der Waals surface area contributed by atoms with Crippen LogP contribution in [0.25, 0.3) is 0 Å². The lowest BCUT2D eigenvalue weighted by Crippen LogP contribution is -2.52. The van der Waals surface area contributed by atoms with Gasteiger partial charge in [0, 0.05) is 32.1 Å². The van der Waals surface area contributed by atoms with Gasteiger partial charge in [-0.3, -0.25) is 4.79 Å². The average Bonchev–Trinajstić information content (AvgIpc) is 2.94. The maximum absolute atomic E-state index is 12.6. The zero-order valence-corrected chi connectivity index (χ0v) is 14.4. The van der Waals surface area contributed by atoms with Gasteiger partial charge >= 0.3 is 0 Å². The highest BCUT2D eigenvalue weighted by Crippen LogP contribution is 2.36. The summed E-state index contributed by atoms with van der Waals surface area (Å²) in [6, 6.07) is 1.49. The molecule has 0 spiro atoms. The Morgan fingerprint density at radius 1 is 1.40 bits per heavy atom. The molecule has 1 atom stereocenters. The first kappa shape index (κ1) is 14.8. The molecule has 9 heteroatoms. The molecule has 0 radical (unpaired) electrons. The molecule has 2 saturated heterocycles. The molecule has 1 amide bonds. The van der Waals surface area contributed by atoms with E-state index in [1.807, 2.05) is 0 Å². The monoisotopic (exact) mass is 398 g/mol. The number of sulfonamides is 1. The lowest BCUT2D eigenvalue weighted by Gasteiger charge is -2.36. The minimum Gasteiger partial charge on any atom is -0.337 e. The molecular weight excluding hydrogens is 388 g/mol. The number of carbonyl (C=O) groups is 1. The van der Waals surface area contributed by atoms with E-state index in [0.717, 1.165) is 17.8 Å². The van der Waals surface area contributed by atoms with Gasteiger partial charge in [0.1, 0.15) is 4.21 Å². The van der Waals surface area contributed by atoms with Crippen LogP contribution in [0.15, 0.2) is 14.1 Å². The number of carbonyl (C=O) groups excluding carboxylic acids is 1. The molecular formula is C11H12BrClN2O3S2. The first-order valence-electron chi connectivity index (χ1n) is 6.14. The van der Waals surface area contributed by atoms with Gasteiger partial charge in [0.2, 0.25) is 5.91 Å². The van der Waals surface area contributed by atoms with Crippen LogP contribution in [0.2, 0.25) is 5.02 Å². The van der Waals surface area contributed by atoms with Gasteiger partial charge in [-0.2, -0.15) is 4.31 Å². The highest BCUT2D eigenvalue weighted by molar-refractivity contribution is 9.11. The summed E-state index contributed by atoms with van der Waals surface area (Å²) in [7, 11) is -3.52. The van der Waals surface area contributed by atoms with Crippen LogP contribution < -0.4 is 0 Å². The van der Waals surface area contributed by atoms with E-state index >= 15 is 0 Å². The van der Waals surface area contributed by atoms with Crippen molar-refractivity contribution >= 4 is 54.8 Å². The number of fused-ring (bicyclic) bond motifs is 1. The second-order valence-electron chi connectivity index (χ2n) is 4.83. The highest BCUT2D eigenvalue weighted by Gasteiger charge is 2.40. The lowest BCUT2D eigenvalue weighted by molar-refractivity contribution is -0.130. The van der Waals surface area contributed by atoms with E-state index in [2.05, 4.69) is 15.9 Å². The number of hydrogen-bond acceptors (Lipinski definition) is 4. The predicted molar refractivity (Wildman–Crippen MR) is 80.5 cm³/mol. The Bertz CT molecular complexity index is 641. The van der Waals surface area contributed by atoms with Gasteiger partial charge < -0.3 is 4.90 Å². The first-order valence-corrected chi connectivity index (χ1v) is 9.57. The summed E-state index contributed by atoms with van der Waals surface area (Å²) >= 11 is 10.3. The largest absolute Gasteiger partial charge is 0.337 e. The van der Waals surface area contributed by atoms with Crippen molar-refractivity contribution < 1.29 is 13.2 Å². The van der Waals surface area contributed by atoms with Crippen LogP contribution in [-0.4, -0.2) is 49.2 Å². The maximum Gasteiger partial charge on any atom is 0.252 e. The topological polar surface area (TPSA) is 57.7 Å². The molecule has 0 N–H and O–H groups in total. The van der Waals surface area contributed by atoms with Gasteiger partial charge in [-0.1, -0.05) is 11.6 Å². The third-order valence-electron chi connectivity index (χ3n) is 3.67. The van der Waals surface area contributed by atoms with E-state index < -0.39 is 10.0 Å². The number of thiophene rings is 1. The maximum atomic E-state index is 12.6. The van der Waals surface area contributed by atoms with E-state index in [9.17, 15) is 13.2 Å². The molecule has 3 rings (SSSR count). The second-order valence-corrected chi connectivity index (χ2v) is 9.77. The van der Waals surface area contributed by atoms with E-state index in [-0.39, 0.29) is 16.2 Å². The van der Waals surface area contributed by atoms with Crippen LogP contribution in [0.3, 0.4) is 0 Å². The molecule has 1 aromatic rings. The summed E-state index contributed by atoms with van der Waals surface area (Å²) < 4.78 is 27.5. The van der Waals surface area contributed by atoms with Crippen LogP contribution in [0.1, 0.15) is 12.8 Å². The Morgan fingerprint density at radius 3 is 2.80 bits per heavy atom. The predicted octanol–water partition coefficient (Wildman–Crippen LogP) is 2.16. The molecule has 0 bridgehead atoms. The zero-order chi connectivity index (χ0) is 14.5. The lowest BCUT2D eigenvalue weighted by atomic mass is 10.2. The van der Waals surface area contributed by atoms with E-state index in [1.54, 1.807) is 4.90 Å². The zero-order valence-electron chi connectivity index (χ0n) is 10.4.